The van der Waals surface area contributed by atoms with Crippen LogP contribution in [0.2, 0.25) is 0 Å². The highest BCUT2D eigenvalue weighted by Crippen LogP contribution is 2.29. The van der Waals surface area contributed by atoms with E-state index in [2.05, 4.69) is 37.4 Å². The molecule has 4 nitrogen and oxygen atoms in total. The predicted octanol–water partition coefficient (Wildman–Crippen LogP) is 6.33. The molecule has 0 saturated heterocycles. The number of nitrogens with one attached hydrogen (secondary N) is 1. The number of aliphatic carboxylic acids is 1. The number of ether oxygens (including phenoxy) is 1. The van der Waals surface area contributed by atoms with Crippen molar-refractivity contribution in [2.24, 2.45) is 5.92 Å². The Labute approximate surface area is 204 Å². The highest BCUT2D eigenvalue weighted by atomic mass is 16.5. The first-order valence-electron chi connectivity index (χ1n) is 11.6. The Morgan fingerprint density at radius 3 is 2.76 bits per heavy atom. The summed E-state index contributed by atoms with van der Waals surface area (Å²) >= 11 is 0. The molecule has 0 unspecified atom stereocenters. The Balaban J connectivity index is 2.09. The minimum atomic E-state index is -0.936. The van der Waals surface area contributed by atoms with Gasteiger partial charge in [0.15, 0.2) is 0 Å². The fourth-order valence-electron chi connectivity index (χ4n) is 3.73. The molecule has 34 heavy (non-hydrogen) atoms. The number of allylic oxidation sites excluding steroid dienone is 11. The van der Waals surface area contributed by atoms with Crippen LogP contribution in [-0.2, 0) is 9.53 Å². The summed E-state index contributed by atoms with van der Waals surface area (Å²) in [6, 6.07) is 0. The Kier molecular flexibility index (Phi) is 10.7. The first kappa shape index (κ1) is 26.5. The van der Waals surface area contributed by atoms with E-state index >= 15 is 0 Å². The van der Waals surface area contributed by atoms with Gasteiger partial charge in [0.05, 0.1) is 12.2 Å². The van der Waals surface area contributed by atoms with Crippen molar-refractivity contribution in [1.29, 1.82) is 0 Å². The lowest BCUT2D eigenvalue weighted by atomic mass is 9.91. The van der Waals surface area contributed by atoms with E-state index in [-0.39, 0.29) is 11.5 Å². The first-order chi connectivity index (χ1) is 16.4. The van der Waals surface area contributed by atoms with E-state index in [0.29, 0.717) is 25.3 Å². The van der Waals surface area contributed by atoms with Crippen molar-refractivity contribution in [3.8, 4) is 12.3 Å². The molecule has 0 radical (unpaired) electrons. The van der Waals surface area contributed by atoms with Crippen molar-refractivity contribution >= 4 is 5.97 Å². The number of carboxylic acid groups (broad SMARTS) is 1. The molecule has 0 bridgehead atoms. The van der Waals surface area contributed by atoms with E-state index in [4.69, 9.17) is 11.2 Å². The van der Waals surface area contributed by atoms with Gasteiger partial charge < -0.3 is 15.2 Å². The van der Waals surface area contributed by atoms with Crippen molar-refractivity contribution in [2.45, 2.75) is 39.5 Å². The first-order valence-corrected chi connectivity index (χ1v) is 11.6. The van der Waals surface area contributed by atoms with Crippen molar-refractivity contribution in [1.82, 2.24) is 5.32 Å². The van der Waals surface area contributed by atoms with Gasteiger partial charge in [-0.15, -0.1) is 6.42 Å². The summed E-state index contributed by atoms with van der Waals surface area (Å²) in [5.41, 5.74) is 4.98. The molecule has 0 aromatic heterocycles. The second-order valence-corrected chi connectivity index (χ2v) is 8.28. The van der Waals surface area contributed by atoms with Crippen molar-refractivity contribution < 1.29 is 14.6 Å². The third-order valence-corrected chi connectivity index (χ3v) is 5.76. The zero-order valence-corrected chi connectivity index (χ0v) is 20.3. The van der Waals surface area contributed by atoms with E-state index < -0.39 is 5.97 Å². The van der Waals surface area contributed by atoms with Crippen LogP contribution in [0.1, 0.15) is 39.5 Å². The molecule has 0 spiro atoms. The van der Waals surface area contributed by atoms with Crippen LogP contribution in [0.5, 0.6) is 0 Å². The summed E-state index contributed by atoms with van der Waals surface area (Å²) in [7, 11) is 0. The van der Waals surface area contributed by atoms with Crippen molar-refractivity contribution in [3.05, 3.63) is 107 Å². The van der Waals surface area contributed by atoms with Crippen LogP contribution in [0.25, 0.3) is 0 Å². The monoisotopic (exact) mass is 457 g/mol. The molecule has 1 aliphatic heterocycles. The molecule has 2 N–H and O–H groups in total. The van der Waals surface area contributed by atoms with Gasteiger partial charge in [0.25, 0.3) is 0 Å². The van der Waals surface area contributed by atoms with E-state index in [1.807, 2.05) is 49.5 Å². The average Bonchev–Trinajstić information content (AvgIpc) is 3.08. The summed E-state index contributed by atoms with van der Waals surface area (Å²) in [6.07, 6.45) is 25.7. The number of carboxylic acids is 1. The predicted molar refractivity (Wildman–Crippen MR) is 141 cm³/mol. The van der Waals surface area contributed by atoms with Crippen LogP contribution in [0.3, 0.4) is 0 Å². The molecule has 178 valence electrons. The zero-order valence-electron chi connectivity index (χ0n) is 20.3. The second-order valence-electron chi connectivity index (χ2n) is 8.28. The minimum absolute atomic E-state index is 0.175. The van der Waals surface area contributed by atoms with Gasteiger partial charge in [0.2, 0.25) is 0 Å². The third kappa shape index (κ3) is 8.01. The van der Waals surface area contributed by atoms with Crippen LogP contribution >= 0.6 is 0 Å². The molecule has 1 aliphatic carbocycles. The molecular formula is C30H35NO3. The van der Waals surface area contributed by atoms with Gasteiger partial charge >= 0.3 is 5.97 Å². The Morgan fingerprint density at radius 1 is 1.32 bits per heavy atom. The molecule has 1 heterocycles. The summed E-state index contributed by atoms with van der Waals surface area (Å²) < 4.78 is 5.98. The lowest BCUT2D eigenvalue weighted by molar-refractivity contribution is -0.132. The molecule has 0 aromatic rings. The Morgan fingerprint density at radius 2 is 2.09 bits per heavy atom. The molecule has 1 atom stereocenters. The summed E-state index contributed by atoms with van der Waals surface area (Å²) in [6.45, 7) is 13.3. The molecule has 0 aromatic carbocycles. The fourth-order valence-corrected chi connectivity index (χ4v) is 3.73. The number of carbonyl (C=O) groups is 1. The number of rotatable bonds is 11. The molecule has 2 rings (SSSR count). The third-order valence-electron chi connectivity index (χ3n) is 5.76. The molecule has 0 fully saturated rings. The summed E-state index contributed by atoms with van der Waals surface area (Å²) in [4.78, 5) is 11.6. The van der Waals surface area contributed by atoms with Gasteiger partial charge in [-0.05, 0) is 69.4 Å². The maximum atomic E-state index is 11.6. The largest absolute Gasteiger partial charge is 0.493 e. The maximum Gasteiger partial charge on any atom is 0.337 e. The topological polar surface area (TPSA) is 58.6 Å². The van der Waals surface area contributed by atoms with Crippen LogP contribution in [0.4, 0.5) is 0 Å². The van der Waals surface area contributed by atoms with Crippen LogP contribution in [0.15, 0.2) is 107 Å². The van der Waals surface area contributed by atoms with Gasteiger partial charge in [-0.1, -0.05) is 60.6 Å². The van der Waals surface area contributed by atoms with E-state index in [0.717, 1.165) is 41.7 Å². The van der Waals surface area contributed by atoms with E-state index in [1.165, 1.54) is 5.57 Å². The second kappa shape index (κ2) is 13.7. The smallest absolute Gasteiger partial charge is 0.337 e. The number of hydrogen-bond acceptors (Lipinski definition) is 3. The van der Waals surface area contributed by atoms with Gasteiger partial charge in [-0.3, -0.25) is 0 Å². The lowest BCUT2D eigenvalue weighted by Crippen LogP contribution is -2.28. The maximum absolute atomic E-state index is 11.6. The molecule has 0 amide bonds. The Hall–Kier alpha value is -3.71. The van der Waals surface area contributed by atoms with Gasteiger partial charge in [0, 0.05) is 23.7 Å². The Bertz CT molecular complexity index is 1050. The molecule has 0 saturated carbocycles. The van der Waals surface area contributed by atoms with Crippen LogP contribution in [-0.4, -0.2) is 24.2 Å². The standard InChI is InChI=1S/C30H35NO3/c1-6-24(7-2)17-16-22(4)14-15-23(5)20-29-26(8-3)25(18-19-34-29)21-31-28-13-11-9-10-12-27(28)30(32)33/h1,7-8,10-13,16-17,20,25,31H,3-4,9,14-15,18-19,21H2,2,5H3,(H,32,33)/b17-16-,23-20+,24-7-/t25-/m0/s1. The lowest BCUT2D eigenvalue weighted by Gasteiger charge is -2.27. The summed E-state index contributed by atoms with van der Waals surface area (Å²) in [5.74, 6) is 2.70. The number of terminal acetylenes is 1. The van der Waals surface area contributed by atoms with E-state index in [9.17, 15) is 9.90 Å². The quantitative estimate of drug-likeness (QED) is 0.281. The van der Waals surface area contributed by atoms with Gasteiger partial charge in [0.1, 0.15) is 5.76 Å². The van der Waals surface area contributed by atoms with Crippen molar-refractivity contribution in [2.75, 3.05) is 13.2 Å². The fraction of sp³-hybridized carbons (Fsp3) is 0.300. The van der Waals surface area contributed by atoms with Crippen LogP contribution < -0.4 is 5.32 Å². The van der Waals surface area contributed by atoms with E-state index in [1.54, 1.807) is 6.08 Å². The minimum Gasteiger partial charge on any atom is -0.493 e. The van der Waals surface area contributed by atoms with Crippen LogP contribution in [0, 0.1) is 18.3 Å². The normalized spacial score (nSPS) is 19.0. The summed E-state index contributed by atoms with van der Waals surface area (Å²) in [5, 5.41) is 12.9. The SMILES string of the molecule is C#CC(/C=C\C(=C)CC/C(C)=C/C1=C(C=C)[C@H](CNC2=C(C(=O)O)C=CCC=C2)CCO1)=C/C. The molecular weight excluding hydrogens is 422 g/mol. The van der Waals surface area contributed by atoms with Crippen molar-refractivity contribution in [3.63, 3.8) is 0 Å². The van der Waals surface area contributed by atoms with Gasteiger partial charge in [-0.25, -0.2) is 4.79 Å². The zero-order chi connectivity index (χ0) is 24.9. The molecule has 2 aliphatic rings. The highest BCUT2D eigenvalue weighted by Gasteiger charge is 2.22. The average molecular weight is 458 g/mol. The highest BCUT2D eigenvalue weighted by molar-refractivity contribution is 5.91. The molecule has 4 heteroatoms. The number of hydrogen-bond donors (Lipinski definition) is 2. The van der Waals surface area contributed by atoms with Gasteiger partial charge in [-0.2, -0.15) is 0 Å².